The lowest BCUT2D eigenvalue weighted by Crippen LogP contribution is -2.18. The van der Waals surface area contributed by atoms with E-state index in [0.29, 0.717) is 0 Å². The maximum Gasteiger partial charge on any atom is 0.197 e. The van der Waals surface area contributed by atoms with Gasteiger partial charge in [0.25, 0.3) is 0 Å². The molecule has 0 aromatic heterocycles. The van der Waals surface area contributed by atoms with Crippen molar-refractivity contribution in [2.75, 3.05) is 5.32 Å². The summed E-state index contributed by atoms with van der Waals surface area (Å²) in [7, 11) is 0. The van der Waals surface area contributed by atoms with E-state index in [0.717, 1.165) is 22.6 Å². The van der Waals surface area contributed by atoms with Crippen LogP contribution in [-0.4, -0.2) is 0 Å². The van der Waals surface area contributed by atoms with Gasteiger partial charge in [-0.2, -0.15) is 0 Å². The zero-order valence-electron chi connectivity index (χ0n) is 12.6. The lowest BCUT2D eigenvalue weighted by atomic mass is 10.0. The van der Waals surface area contributed by atoms with E-state index in [1.54, 1.807) is 0 Å². The predicted octanol–water partition coefficient (Wildman–Crippen LogP) is 5.33. The number of benzene rings is 3. The Labute approximate surface area is 136 Å². The van der Waals surface area contributed by atoms with Crippen molar-refractivity contribution in [1.82, 2.24) is 0 Å². The van der Waals surface area contributed by atoms with E-state index in [1.165, 1.54) is 5.56 Å². The smallest absolute Gasteiger partial charge is 0.197 e. The van der Waals surface area contributed by atoms with Crippen molar-refractivity contribution in [2.45, 2.75) is 6.23 Å². The fraction of sp³-hybridized carbons (Fsp3) is 0.0476. The van der Waals surface area contributed by atoms with Gasteiger partial charge in [-0.1, -0.05) is 72.8 Å². The van der Waals surface area contributed by atoms with Crippen LogP contribution in [0.1, 0.15) is 22.9 Å². The van der Waals surface area contributed by atoms with Crippen molar-refractivity contribution in [1.29, 1.82) is 0 Å². The molecule has 0 fully saturated rings. The summed E-state index contributed by atoms with van der Waals surface area (Å²) in [5, 5.41) is 3.47. The van der Waals surface area contributed by atoms with Crippen LogP contribution in [0.15, 0.2) is 84.9 Å². The second-order valence-corrected chi connectivity index (χ2v) is 5.51. The maximum atomic E-state index is 6.25. The first-order chi connectivity index (χ1) is 11.4. The zero-order chi connectivity index (χ0) is 15.5. The van der Waals surface area contributed by atoms with Crippen LogP contribution < -0.4 is 5.32 Å². The Kier molecular flexibility index (Phi) is 3.57. The van der Waals surface area contributed by atoms with E-state index in [2.05, 4.69) is 41.7 Å². The van der Waals surface area contributed by atoms with Gasteiger partial charge in [0, 0.05) is 16.8 Å². The van der Waals surface area contributed by atoms with Crippen molar-refractivity contribution < 1.29 is 4.74 Å². The molecule has 2 heteroatoms. The molecule has 2 nitrogen and oxygen atoms in total. The van der Waals surface area contributed by atoms with E-state index >= 15 is 0 Å². The van der Waals surface area contributed by atoms with Gasteiger partial charge in [-0.3, -0.25) is 0 Å². The zero-order valence-corrected chi connectivity index (χ0v) is 12.6. The van der Waals surface area contributed by atoms with Gasteiger partial charge in [0.05, 0.1) is 0 Å². The predicted molar refractivity (Wildman–Crippen MR) is 94.6 cm³/mol. The number of rotatable bonds is 3. The Bertz CT molecular complexity index is 825. The second-order valence-electron chi connectivity index (χ2n) is 5.51. The minimum Gasteiger partial charge on any atom is -0.466 e. The Balaban J connectivity index is 1.72. The molecule has 0 amide bonds. The van der Waals surface area contributed by atoms with Gasteiger partial charge < -0.3 is 10.1 Å². The number of hydrogen-bond acceptors (Lipinski definition) is 2. The number of hydrogen-bond donors (Lipinski definition) is 1. The van der Waals surface area contributed by atoms with Gasteiger partial charge in [0.1, 0.15) is 5.76 Å². The van der Waals surface area contributed by atoms with Crippen LogP contribution in [-0.2, 0) is 4.74 Å². The molecular weight excluding hydrogens is 282 g/mol. The first kappa shape index (κ1) is 13.6. The second kappa shape index (κ2) is 6.01. The molecule has 0 bridgehead atoms. The van der Waals surface area contributed by atoms with E-state index in [9.17, 15) is 0 Å². The number of nitrogens with one attached hydrogen (secondary N) is 1. The molecule has 0 saturated heterocycles. The van der Waals surface area contributed by atoms with Crippen LogP contribution in [0.5, 0.6) is 0 Å². The maximum absolute atomic E-state index is 6.25. The van der Waals surface area contributed by atoms with Crippen molar-refractivity contribution in [3.05, 3.63) is 102 Å². The molecule has 1 aliphatic rings. The lowest BCUT2D eigenvalue weighted by molar-refractivity contribution is 0.194. The fourth-order valence-electron chi connectivity index (χ4n) is 2.79. The average Bonchev–Trinajstić information content (AvgIpc) is 2.63. The van der Waals surface area contributed by atoms with Crippen molar-refractivity contribution >= 4 is 17.5 Å². The Morgan fingerprint density at radius 1 is 0.696 bits per heavy atom. The molecule has 4 rings (SSSR count). The van der Waals surface area contributed by atoms with Crippen LogP contribution >= 0.6 is 0 Å². The summed E-state index contributed by atoms with van der Waals surface area (Å²) in [4.78, 5) is 0. The van der Waals surface area contributed by atoms with Gasteiger partial charge in [0.2, 0.25) is 0 Å². The largest absolute Gasteiger partial charge is 0.466 e. The molecule has 1 aliphatic heterocycles. The Morgan fingerprint density at radius 3 is 2.13 bits per heavy atom. The third-order valence-electron chi connectivity index (χ3n) is 3.94. The van der Waals surface area contributed by atoms with Gasteiger partial charge in [0.15, 0.2) is 6.23 Å². The average molecular weight is 299 g/mol. The van der Waals surface area contributed by atoms with Crippen LogP contribution in [0.2, 0.25) is 0 Å². The van der Waals surface area contributed by atoms with Gasteiger partial charge in [-0.25, -0.2) is 0 Å². The highest BCUT2D eigenvalue weighted by atomic mass is 16.5. The fourth-order valence-corrected chi connectivity index (χ4v) is 2.79. The topological polar surface area (TPSA) is 21.3 Å². The molecule has 0 spiro atoms. The first-order valence-corrected chi connectivity index (χ1v) is 7.74. The molecule has 112 valence electrons. The summed E-state index contributed by atoms with van der Waals surface area (Å²) >= 11 is 0. The first-order valence-electron chi connectivity index (χ1n) is 7.74. The number of para-hydroxylation sites is 1. The minimum atomic E-state index is -0.200. The summed E-state index contributed by atoms with van der Waals surface area (Å²) in [6, 6.07) is 28.7. The quantitative estimate of drug-likeness (QED) is 0.706. The van der Waals surface area contributed by atoms with E-state index in [1.807, 2.05) is 54.6 Å². The normalized spacial score (nSPS) is 16.0. The van der Waals surface area contributed by atoms with Crippen LogP contribution in [0.25, 0.3) is 11.8 Å². The third kappa shape index (κ3) is 2.84. The summed E-state index contributed by atoms with van der Waals surface area (Å²) in [6.07, 6.45) is 1.90. The van der Waals surface area contributed by atoms with Crippen molar-refractivity contribution in [3.63, 3.8) is 0 Å². The van der Waals surface area contributed by atoms with E-state index in [-0.39, 0.29) is 6.23 Å². The van der Waals surface area contributed by atoms with Crippen molar-refractivity contribution in [2.24, 2.45) is 0 Å². The van der Waals surface area contributed by atoms with Gasteiger partial charge in [-0.15, -0.1) is 0 Å². The molecule has 1 N–H and O–H groups in total. The Hall–Kier alpha value is -3.00. The molecular formula is C21H17NO. The van der Waals surface area contributed by atoms with Crippen LogP contribution in [0.4, 0.5) is 5.69 Å². The summed E-state index contributed by atoms with van der Waals surface area (Å²) in [5.74, 6) is 0.887. The van der Waals surface area contributed by atoms with E-state index < -0.39 is 0 Å². The molecule has 3 aromatic carbocycles. The lowest BCUT2D eigenvalue weighted by Gasteiger charge is -2.28. The SMILES string of the molecule is C1=C(c2ccccc2)OC(Nc2ccccc2)c2ccccc21. The monoisotopic (exact) mass is 299 g/mol. The number of fused-ring (bicyclic) bond motifs is 1. The highest BCUT2D eigenvalue weighted by Gasteiger charge is 2.22. The summed E-state index contributed by atoms with van der Waals surface area (Å²) < 4.78 is 6.25. The molecule has 0 saturated carbocycles. The highest BCUT2D eigenvalue weighted by Crippen LogP contribution is 2.35. The number of anilines is 1. The van der Waals surface area contributed by atoms with Crippen LogP contribution in [0.3, 0.4) is 0 Å². The van der Waals surface area contributed by atoms with Crippen molar-refractivity contribution in [3.8, 4) is 0 Å². The van der Waals surface area contributed by atoms with Gasteiger partial charge in [-0.05, 0) is 23.8 Å². The van der Waals surface area contributed by atoms with Gasteiger partial charge >= 0.3 is 0 Å². The molecule has 23 heavy (non-hydrogen) atoms. The molecule has 1 heterocycles. The highest BCUT2D eigenvalue weighted by molar-refractivity contribution is 5.80. The summed E-state index contributed by atoms with van der Waals surface area (Å²) in [6.45, 7) is 0. The number of ether oxygens (including phenoxy) is 1. The molecule has 0 aliphatic carbocycles. The molecule has 1 atom stereocenters. The van der Waals surface area contributed by atoms with Crippen LogP contribution in [0, 0.1) is 0 Å². The minimum absolute atomic E-state index is 0.200. The van der Waals surface area contributed by atoms with E-state index in [4.69, 9.17) is 4.74 Å². The Morgan fingerprint density at radius 2 is 1.35 bits per heavy atom. The standard InChI is InChI=1S/C21H17NO/c1-3-9-16(10-4-1)20-15-17-11-7-8-14-19(17)21(23-20)22-18-12-5-2-6-13-18/h1-15,21-22H. The molecule has 3 aromatic rings. The third-order valence-corrected chi connectivity index (χ3v) is 3.94. The molecule has 0 radical (unpaired) electrons. The summed E-state index contributed by atoms with van der Waals surface area (Å²) in [5.41, 5.74) is 4.46. The molecule has 1 unspecified atom stereocenters.